The minimum atomic E-state index is -0.591. The first-order valence-electron chi connectivity index (χ1n) is 9.40. The van der Waals surface area contributed by atoms with Gasteiger partial charge < -0.3 is 19.7 Å². The van der Waals surface area contributed by atoms with Gasteiger partial charge in [0.15, 0.2) is 16.7 Å². The van der Waals surface area contributed by atoms with Crippen molar-refractivity contribution in [2.24, 2.45) is 0 Å². The summed E-state index contributed by atoms with van der Waals surface area (Å²) in [6, 6.07) is 11.9. The Morgan fingerprint density at radius 1 is 1.18 bits per heavy atom. The van der Waals surface area contributed by atoms with E-state index in [4.69, 9.17) is 21.7 Å². The Morgan fingerprint density at radius 2 is 1.93 bits per heavy atom. The van der Waals surface area contributed by atoms with Crippen LogP contribution in [0.5, 0.6) is 5.75 Å². The molecule has 1 heterocycles. The highest BCUT2D eigenvalue weighted by Gasteiger charge is 2.27. The van der Waals surface area contributed by atoms with Crippen LogP contribution in [0.25, 0.3) is 0 Å². The van der Waals surface area contributed by atoms with Crippen LogP contribution in [0.4, 0.5) is 8.78 Å². The molecule has 28 heavy (non-hydrogen) atoms. The molecule has 0 radical (unpaired) electrons. The average Bonchev–Trinajstić information content (AvgIpc) is 3.11. The second kappa shape index (κ2) is 8.41. The fourth-order valence-electron chi connectivity index (χ4n) is 3.70. The van der Waals surface area contributed by atoms with Gasteiger partial charge in [-0.25, -0.2) is 8.78 Å². The van der Waals surface area contributed by atoms with Crippen LogP contribution in [0.1, 0.15) is 11.1 Å². The van der Waals surface area contributed by atoms with Crippen molar-refractivity contribution in [1.82, 2.24) is 10.2 Å². The molecule has 1 N–H and O–H groups in total. The number of benzene rings is 2. The van der Waals surface area contributed by atoms with Gasteiger partial charge in [0, 0.05) is 25.2 Å². The summed E-state index contributed by atoms with van der Waals surface area (Å²) in [6.45, 7) is 1.87. The number of nitrogens with zero attached hydrogens (tertiary/aromatic N) is 1. The van der Waals surface area contributed by atoms with Crippen LogP contribution < -0.4 is 10.1 Å². The third kappa shape index (κ3) is 4.42. The molecule has 148 valence electrons. The molecule has 1 fully saturated rings. The van der Waals surface area contributed by atoms with Gasteiger partial charge in [-0.15, -0.1) is 0 Å². The maximum absolute atomic E-state index is 13.7. The molecule has 0 saturated carbocycles. The standard InChI is InChI=1S/C21H22F2N2O2S/c22-16-5-6-19(23)20(11-16)27-13-18-12-25(7-8-26-18)21(28)24-17-9-14-3-1-2-4-15(14)10-17/h1-6,11,17-18H,7-10,12-13H2,(H,24,28). The molecule has 4 rings (SSSR count). The Morgan fingerprint density at radius 3 is 2.68 bits per heavy atom. The zero-order chi connectivity index (χ0) is 19.5. The van der Waals surface area contributed by atoms with Crippen molar-refractivity contribution in [3.63, 3.8) is 0 Å². The smallest absolute Gasteiger partial charge is 0.169 e. The predicted octanol–water partition coefficient (Wildman–Crippen LogP) is 3.09. The Bertz CT molecular complexity index is 839. The number of rotatable bonds is 4. The van der Waals surface area contributed by atoms with Crippen LogP contribution in [0, 0.1) is 11.6 Å². The third-order valence-corrected chi connectivity index (χ3v) is 5.50. The first-order chi connectivity index (χ1) is 13.6. The summed E-state index contributed by atoms with van der Waals surface area (Å²) in [5.41, 5.74) is 2.74. The Hall–Kier alpha value is -2.25. The van der Waals surface area contributed by atoms with E-state index in [9.17, 15) is 8.78 Å². The van der Waals surface area contributed by atoms with E-state index in [-0.39, 0.29) is 18.5 Å². The normalized spacial score (nSPS) is 19.4. The highest BCUT2D eigenvalue weighted by atomic mass is 32.1. The molecule has 0 amide bonds. The lowest BCUT2D eigenvalue weighted by Crippen LogP contribution is -2.53. The maximum atomic E-state index is 13.7. The minimum Gasteiger partial charge on any atom is -0.488 e. The van der Waals surface area contributed by atoms with Crippen LogP contribution >= 0.6 is 12.2 Å². The minimum absolute atomic E-state index is 0.106. The second-order valence-electron chi connectivity index (χ2n) is 7.15. The van der Waals surface area contributed by atoms with Gasteiger partial charge >= 0.3 is 0 Å². The first kappa shape index (κ1) is 19.1. The van der Waals surface area contributed by atoms with Gasteiger partial charge in [0.05, 0.1) is 6.61 Å². The van der Waals surface area contributed by atoms with Crippen molar-refractivity contribution < 1.29 is 18.3 Å². The van der Waals surface area contributed by atoms with Crippen molar-refractivity contribution in [2.75, 3.05) is 26.3 Å². The second-order valence-corrected chi connectivity index (χ2v) is 7.53. The molecule has 1 unspecified atom stereocenters. The number of hydrogen-bond donors (Lipinski definition) is 1. The molecule has 0 bridgehead atoms. The van der Waals surface area contributed by atoms with Crippen LogP contribution in [0.3, 0.4) is 0 Å². The van der Waals surface area contributed by atoms with Crippen molar-refractivity contribution >= 4 is 17.3 Å². The quantitative estimate of drug-likeness (QED) is 0.793. The van der Waals surface area contributed by atoms with Gasteiger partial charge in [-0.3, -0.25) is 0 Å². The van der Waals surface area contributed by atoms with Gasteiger partial charge in [0.25, 0.3) is 0 Å². The SMILES string of the molecule is Fc1ccc(F)c(OCC2CN(C(=S)NC3Cc4ccccc4C3)CCO2)c1. The Labute approximate surface area is 168 Å². The molecule has 0 spiro atoms. The monoisotopic (exact) mass is 404 g/mol. The van der Waals surface area contributed by atoms with Gasteiger partial charge in [0.1, 0.15) is 18.5 Å². The zero-order valence-electron chi connectivity index (χ0n) is 15.4. The molecule has 0 aromatic heterocycles. The predicted molar refractivity (Wildman–Crippen MR) is 107 cm³/mol. The molecule has 2 aromatic rings. The molecule has 1 saturated heterocycles. The number of ether oxygens (including phenoxy) is 2. The first-order valence-corrected chi connectivity index (χ1v) is 9.81. The highest BCUT2D eigenvalue weighted by Crippen LogP contribution is 2.22. The van der Waals surface area contributed by atoms with Crippen molar-refractivity contribution in [3.8, 4) is 5.75 Å². The molecule has 1 aliphatic heterocycles. The number of fused-ring (bicyclic) bond motifs is 1. The third-order valence-electron chi connectivity index (χ3n) is 5.12. The summed E-state index contributed by atoms with van der Waals surface area (Å²) in [5.74, 6) is -1.23. The largest absolute Gasteiger partial charge is 0.488 e. The topological polar surface area (TPSA) is 33.7 Å². The fraction of sp³-hybridized carbons (Fsp3) is 0.381. The van der Waals surface area contributed by atoms with E-state index in [1.165, 1.54) is 11.1 Å². The lowest BCUT2D eigenvalue weighted by molar-refractivity contribution is -0.0295. The molecule has 2 aliphatic rings. The fourth-order valence-corrected chi connectivity index (χ4v) is 4.03. The van der Waals surface area contributed by atoms with Crippen molar-refractivity contribution in [3.05, 3.63) is 65.2 Å². The molecule has 1 atom stereocenters. The summed E-state index contributed by atoms with van der Waals surface area (Å²) >= 11 is 5.60. The van der Waals surface area contributed by atoms with E-state index in [0.717, 1.165) is 31.0 Å². The maximum Gasteiger partial charge on any atom is 0.169 e. The summed E-state index contributed by atoms with van der Waals surface area (Å²) in [4.78, 5) is 2.05. The van der Waals surface area contributed by atoms with Crippen LogP contribution in [0.15, 0.2) is 42.5 Å². The van der Waals surface area contributed by atoms with Crippen LogP contribution in [-0.4, -0.2) is 48.5 Å². The zero-order valence-corrected chi connectivity index (χ0v) is 16.2. The van der Waals surface area contributed by atoms with E-state index in [0.29, 0.717) is 30.9 Å². The summed E-state index contributed by atoms with van der Waals surface area (Å²) < 4.78 is 38.1. The van der Waals surface area contributed by atoms with E-state index in [1.807, 2.05) is 0 Å². The number of hydrogen-bond acceptors (Lipinski definition) is 3. The van der Waals surface area contributed by atoms with Gasteiger partial charge in [-0.05, 0) is 48.3 Å². The summed E-state index contributed by atoms with van der Waals surface area (Å²) in [6.07, 6.45) is 1.66. The summed E-state index contributed by atoms with van der Waals surface area (Å²) in [5, 5.41) is 4.16. The molecular formula is C21H22F2N2O2S. The van der Waals surface area contributed by atoms with Crippen LogP contribution in [-0.2, 0) is 17.6 Å². The van der Waals surface area contributed by atoms with E-state index in [1.54, 1.807) is 0 Å². The van der Waals surface area contributed by atoms with E-state index >= 15 is 0 Å². The van der Waals surface area contributed by atoms with Crippen molar-refractivity contribution in [2.45, 2.75) is 25.0 Å². The molecule has 1 aliphatic carbocycles. The number of thiocarbonyl (C=S) groups is 1. The number of morpholine rings is 1. The molecule has 7 heteroatoms. The Balaban J connectivity index is 1.29. The van der Waals surface area contributed by atoms with Gasteiger partial charge in [-0.1, -0.05) is 24.3 Å². The number of nitrogens with one attached hydrogen (secondary N) is 1. The average molecular weight is 404 g/mol. The highest BCUT2D eigenvalue weighted by molar-refractivity contribution is 7.80. The molecular weight excluding hydrogens is 382 g/mol. The molecule has 2 aromatic carbocycles. The van der Waals surface area contributed by atoms with Crippen molar-refractivity contribution in [1.29, 1.82) is 0 Å². The Kier molecular flexibility index (Phi) is 5.73. The number of halogens is 2. The van der Waals surface area contributed by atoms with Gasteiger partial charge in [0.2, 0.25) is 0 Å². The van der Waals surface area contributed by atoms with Gasteiger partial charge in [-0.2, -0.15) is 0 Å². The van der Waals surface area contributed by atoms with E-state index in [2.05, 4.69) is 34.5 Å². The van der Waals surface area contributed by atoms with Crippen LogP contribution in [0.2, 0.25) is 0 Å². The van der Waals surface area contributed by atoms with E-state index < -0.39 is 11.6 Å². The lowest BCUT2D eigenvalue weighted by Gasteiger charge is -2.35. The summed E-state index contributed by atoms with van der Waals surface area (Å²) in [7, 11) is 0. The lowest BCUT2D eigenvalue weighted by atomic mass is 10.1. The molecule has 4 nitrogen and oxygen atoms in total.